The van der Waals surface area contributed by atoms with Crippen LogP contribution in [0.4, 0.5) is 0 Å². The maximum atomic E-state index is 12.1. The summed E-state index contributed by atoms with van der Waals surface area (Å²) in [6, 6.07) is 9.17. The third kappa shape index (κ3) is 3.65. The van der Waals surface area contributed by atoms with Crippen LogP contribution in [0.1, 0.15) is 28.2 Å². The lowest BCUT2D eigenvalue weighted by molar-refractivity contribution is 0.0952. The molecular weight excluding hydrogens is 306 g/mol. The normalized spacial score (nSPS) is 10.8. The van der Waals surface area contributed by atoms with Gasteiger partial charge in [0.1, 0.15) is 6.33 Å². The number of carbonyl (C=O) groups excluding carboxylic acids is 1. The van der Waals surface area contributed by atoms with Crippen LogP contribution in [-0.4, -0.2) is 42.4 Å². The van der Waals surface area contributed by atoms with Crippen LogP contribution < -0.4 is 5.32 Å². The van der Waals surface area contributed by atoms with Gasteiger partial charge in [0.25, 0.3) is 5.91 Å². The average Bonchev–Trinajstić information content (AvgIpc) is 3.21. The van der Waals surface area contributed by atoms with Gasteiger partial charge in [-0.05, 0) is 61.0 Å². The third-order valence-corrected chi connectivity index (χ3v) is 3.68. The minimum atomic E-state index is -0.0911. The zero-order valence-corrected chi connectivity index (χ0v) is 13.7. The molecule has 0 unspecified atom stereocenters. The number of nitrogens with zero attached hydrogens (tertiary/aromatic N) is 6. The fourth-order valence-corrected chi connectivity index (χ4v) is 2.48. The van der Waals surface area contributed by atoms with Gasteiger partial charge in [0.2, 0.25) is 0 Å². The Morgan fingerprint density at radius 2 is 2.00 bits per heavy atom. The highest BCUT2D eigenvalue weighted by atomic mass is 16.1. The molecule has 0 aliphatic heterocycles. The number of amides is 1. The quantitative estimate of drug-likeness (QED) is 0.690. The molecule has 0 aliphatic carbocycles. The molecule has 0 radical (unpaired) electrons. The lowest BCUT2D eigenvalue weighted by Crippen LogP contribution is -2.25. The van der Waals surface area contributed by atoms with Crippen LogP contribution in [0.3, 0.4) is 0 Å². The van der Waals surface area contributed by atoms with E-state index in [1.807, 2.05) is 24.6 Å². The predicted molar refractivity (Wildman–Crippen MR) is 87.8 cm³/mol. The van der Waals surface area contributed by atoms with E-state index in [2.05, 4.69) is 25.9 Å². The SMILES string of the molecule is Cc1cc(C)n(CCCNC(=O)c2ccc(-n3cnnn3)cc2)n1. The van der Waals surface area contributed by atoms with Crippen LogP contribution in [0.25, 0.3) is 5.69 Å². The molecule has 0 bridgehead atoms. The molecule has 8 nitrogen and oxygen atoms in total. The number of hydrogen-bond donors (Lipinski definition) is 1. The Bertz CT molecular complexity index is 806. The van der Waals surface area contributed by atoms with Crippen LogP contribution in [0.5, 0.6) is 0 Å². The molecule has 0 atom stereocenters. The highest BCUT2D eigenvalue weighted by Gasteiger charge is 2.06. The van der Waals surface area contributed by atoms with Crippen molar-refractivity contribution in [3.63, 3.8) is 0 Å². The van der Waals surface area contributed by atoms with Crippen molar-refractivity contribution in [3.05, 3.63) is 53.6 Å². The van der Waals surface area contributed by atoms with Crippen molar-refractivity contribution in [1.29, 1.82) is 0 Å². The fraction of sp³-hybridized carbons (Fsp3) is 0.312. The maximum Gasteiger partial charge on any atom is 0.251 e. The Hall–Kier alpha value is -3.03. The molecule has 3 rings (SSSR count). The van der Waals surface area contributed by atoms with E-state index in [9.17, 15) is 4.79 Å². The molecule has 2 heterocycles. The number of benzene rings is 1. The first-order valence-electron chi connectivity index (χ1n) is 7.76. The monoisotopic (exact) mass is 325 g/mol. The summed E-state index contributed by atoms with van der Waals surface area (Å²) in [5.74, 6) is -0.0911. The number of carbonyl (C=O) groups is 1. The Labute approximate surface area is 139 Å². The van der Waals surface area contributed by atoms with Crippen molar-refractivity contribution in [3.8, 4) is 5.69 Å². The summed E-state index contributed by atoms with van der Waals surface area (Å²) in [5.41, 5.74) is 3.57. The van der Waals surface area contributed by atoms with E-state index < -0.39 is 0 Å². The first kappa shape index (κ1) is 15.9. The van der Waals surface area contributed by atoms with Gasteiger partial charge in [-0.15, -0.1) is 5.10 Å². The van der Waals surface area contributed by atoms with E-state index in [0.717, 1.165) is 30.0 Å². The van der Waals surface area contributed by atoms with Crippen LogP contribution in [0.2, 0.25) is 0 Å². The van der Waals surface area contributed by atoms with Gasteiger partial charge in [-0.1, -0.05) is 0 Å². The first-order valence-corrected chi connectivity index (χ1v) is 7.76. The van der Waals surface area contributed by atoms with E-state index in [-0.39, 0.29) is 5.91 Å². The van der Waals surface area contributed by atoms with Crippen molar-refractivity contribution >= 4 is 5.91 Å². The molecule has 0 saturated carbocycles. The van der Waals surface area contributed by atoms with Crippen molar-refractivity contribution < 1.29 is 4.79 Å². The van der Waals surface area contributed by atoms with Crippen molar-refractivity contribution in [2.45, 2.75) is 26.8 Å². The predicted octanol–water partition coefficient (Wildman–Crippen LogP) is 1.30. The molecule has 0 spiro atoms. The van der Waals surface area contributed by atoms with Crippen LogP contribution >= 0.6 is 0 Å². The van der Waals surface area contributed by atoms with Gasteiger partial charge in [0.15, 0.2) is 0 Å². The molecule has 0 fully saturated rings. The van der Waals surface area contributed by atoms with Gasteiger partial charge in [0.05, 0.1) is 11.4 Å². The number of tetrazole rings is 1. The number of aromatic nitrogens is 6. The van der Waals surface area contributed by atoms with Crippen LogP contribution in [-0.2, 0) is 6.54 Å². The number of rotatable bonds is 6. The van der Waals surface area contributed by atoms with Gasteiger partial charge < -0.3 is 5.32 Å². The molecule has 0 aliphatic rings. The van der Waals surface area contributed by atoms with E-state index in [4.69, 9.17) is 0 Å². The zero-order chi connectivity index (χ0) is 16.9. The summed E-state index contributed by atoms with van der Waals surface area (Å²) in [5, 5.41) is 18.3. The van der Waals surface area contributed by atoms with E-state index >= 15 is 0 Å². The minimum Gasteiger partial charge on any atom is -0.352 e. The van der Waals surface area contributed by atoms with Crippen molar-refractivity contribution in [2.24, 2.45) is 0 Å². The van der Waals surface area contributed by atoms with Gasteiger partial charge in [0, 0.05) is 24.3 Å². The van der Waals surface area contributed by atoms with E-state index in [1.165, 1.54) is 11.0 Å². The number of hydrogen-bond acceptors (Lipinski definition) is 5. The Kier molecular flexibility index (Phi) is 4.64. The topological polar surface area (TPSA) is 90.5 Å². The standard InChI is InChI=1S/C16H19N7O/c1-12-10-13(2)22(19-12)9-3-8-17-16(24)14-4-6-15(7-5-14)23-11-18-20-21-23/h4-7,10-11H,3,8-9H2,1-2H3,(H,17,24). The minimum absolute atomic E-state index is 0.0911. The summed E-state index contributed by atoms with van der Waals surface area (Å²) in [7, 11) is 0. The second-order valence-electron chi connectivity index (χ2n) is 5.56. The van der Waals surface area contributed by atoms with Gasteiger partial charge in [-0.2, -0.15) is 5.10 Å². The van der Waals surface area contributed by atoms with Gasteiger partial charge in [-0.25, -0.2) is 4.68 Å². The summed E-state index contributed by atoms with van der Waals surface area (Å²) >= 11 is 0. The van der Waals surface area contributed by atoms with Gasteiger partial charge >= 0.3 is 0 Å². The molecule has 0 saturated heterocycles. The highest BCUT2D eigenvalue weighted by molar-refractivity contribution is 5.94. The molecule has 1 amide bonds. The Morgan fingerprint density at radius 1 is 1.21 bits per heavy atom. The second kappa shape index (κ2) is 7.03. The molecule has 124 valence electrons. The van der Waals surface area contributed by atoms with Crippen LogP contribution in [0, 0.1) is 13.8 Å². The fourth-order valence-electron chi connectivity index (χ4n) is 2.48. The molecule has 3 aromatic rings. The largest absolute Gasteiger partial charge is 0.352 e. The molecular formula is C16H19N7O. The number of aryl methyl sites for hydroxylation is 3. The first-order chi connectivity index (χ1) is 11.6. The van der Waals surface area contributed by atoms with E-state index in [1.54, 1.807) is 24.3 Å². The average molecular weight is 325 g/mol. The lowest BCUT2D eigenvalue weighted by atomic mass is 10.2. The zero-order valence-electron chi connectivity index (χ0n) is 13.7. The second-order valence-corrected chi connectivity index (χ2v) is 5.56. The van der Waals surface area contributed by atoms with Crippen molar-refractivity contribution in [2.75, 3.05) is 6.54 Å². The summed E-state index contributed by atoms with van der Waals surface area (Å²) in [6.07, 6.45) is 2.34. The highest BCUT2D eigenvalue weighted by Crippen LogP contribution is 2.08. The van der Waals surface area contributed by atoms with Crippen LogP contribution in [0.15, 0.2) is 36.7 Å². The molecule has 1 N–H and O–H groups in total. The summed E-state index contributed by atoms with van der Waals surface area (Å²) in [4.78, 5) is 12.1. The Balaban J connectivity index is 1.49. The summed E-state index contributed by atoms with van der Waals surface area (Å²) < 4.78 is 3.50. The third-order valence-electron chi connectivity index (χ3n) is 3.68. The van der Waals surface area contributed by atoms with Crippen molar-refractivity contribution in [1.82, 2.24) is 35.3 Å². The smallest absolute Gasteiger partial charge is 0.251 e. The van der Waals surface area contributed by atoms with Gasteiger partial charge in [-0.3, -0.25) is 9.48 Å². The Morgan fingerprint density at radius 3 is 2.62 bits per heavy atom. The molecule has 2 aromatic heterocycles. The molecule has 24 heavy (non-hydrogen) atoms. The maximum absolute atomic E-state index is 12.1. The lowest BCUT2D eigenvalue weighted by Gasteiger charge is -2.07. The number of nitrogens with one attached hydrogen (secondary N) is 1. The molecule has 8 heteroatoms. The van der Waals surface area contributed by atoms with E-state index in [0.29, 0.717) is 12.1 Å². The molecule has 1 aromatic carbocycles. The summed E-state index contributed by atoms with van der Waals surface area (Å²) in [6.45, 7) is 5.40.